The largest absolute Gasteiger partial charge is 0.292 e. The molecule has 0 aliphatic heterocycles. The lowest BCUT2D eigenvalue weighted by atomic mass is 9.92. The highest BCUT2D eigenvalue weighted by Crippen LogP contribution is 2.24. The zero-order valence-corrected chi connectivity index (χ0v) is 13.0. The van der Waals surface area contributed by atoms with Crippen molar-refractivity contribution in [1.29, 1.82) is 5.26 Å². The summed E-state index contributed by atoms with van der Waals surface area (Å²) in [5.74, 6) is -0.978. The van der Waals surface area contributed by atoms with Crippen LogP contribution in [-0.4, -0.2) is 5.78 Å². The molecule has 0 amide bonds. The summed E-state index contributed by atoms with van der Waals surface area (Å²) in [6.07, 6.45) is 0. The van der Waals surface area contributed by atoms with Gasteiger partial charge in [0.15, 0.2) is 5.78 Å². The number of halogens is 2. The van der Waals surface area contributed by atoms with Gasteiger partial charge in [0.05, 0.1) is 6.07 Å². The minimum Gasteiger partial charge on any atom is -0.292 e. The monoisotopic (exact) mass is 377 g/mol. The average Bonchev–Trinajstić information content (AvgIpc) is 2.39. The van der Waals surface area contributed by atoms with E-state index in [2.05, 4.69) is 37.9 Å². The van der Waals surface area contributed by atoms with Crippen LogP contribution in [-0.2, 0) is 0 Å². The molecule has 2 nitrogen and oxygen atoms in total. The van der Waals surface area contributed by atoms with E-state index < -0.39 is 5.92 Å². The number of ketones is 1. The lowest BCUT2D eigenvalue weighted by molar-refractivity contribution is 0.0979. The number of nitriles is 1. The molecule has 0 aromatic heterocycles. The van der Waals surface area contributed by atoms with Crippen LogP contribution in [0.1, 0.15) is 21.8 Å². The summed E-state index contributed by atoms with van der Waals surface area (Å²) in [4.78, 5) is 12.4. The number of nitrogens with zero attached hydrogens (tertiary/aromatic N) is 1. The van der Waals surface area contributed by atoms with Crippen LogP contribution in [0.2, 0.25) is 0 Å². The summed E-state index contributed by atoms with van der Waals surface area (Å²) in [7, 11) is 0. The van der Waals surface area contributed by atoms with Crippen molar-refractivity contribution in [3.8, 4) is 6.07 Å². The van der Waals surface area contributed by atoms with Crippen molar-refractivity contribution in [3.63, 3.8) is 0 Å². The minimum absolute atomic E-state index is 0.193. The third kappa shape index (κ3) is 3.31. The van der Waals surface area contributed by atoms with Crippen LogP contribution in [0.15, 0.2) is 57.5 Å². The van der Waals surface area contributed by atoms with Crippen LogP contribution >= 0.6 is 31.9 Å². The summed E-state index contributed by atoms with van der Waals surface area (Å²) in [5, 5.41) is 9.27. The van der Waals surface area contributed by atoms with E-state index in [1.165, 1.54) is 0 Å². The Morgan fingerprint density at radius 1 is 1.05 bits per heavy atom. The first-order valence-corrected chi connectivity index (χ1v) is 7.15. The van der Waals surface area contributed by atoms with Gasteiger partial charge in [-0.15, -0.1) is 0 Å². The van der Waals surface area contributed by atoms with Crippen LogP contribution in [0.25, 0.3) is 0 Å². The third-order valence-corrected chi connectivity index (χ3v) is 3.67. The normalized spacial score (nSPS) is 11.6. The number of carbonyl (C=O) groups is 1. The second-order valence-electron chi connectivity index (χ2n) is 3.99. The molecule has 94 valence electrons. The average molecular weight is 379 g/mol. The van der Waals surface area contributed by atoms with Gasteiger partial charge in [-0.2, -0.15) is 5.26 Å². The Balaban J connectivity index is 2.38. The molecule has 0 N–H and O–H groups in total. The van der Waals surface area contributed by atoms with Gasteiger partial charge in [0, 0.05) is 14.5 Å². The Labute approximate surface area is 128 Å². The number of hydrogen-bond acceptors (Lipinski definition) is 2. The molecule has 2 aromatic carbocycles. The first-order chi connectivity index (χ1) is 9.11. The standard InChI is InChI=1S/C15H9Br2NO/c16-12-5-1-3-10(7-12)14(9-18)15(19)11-4-2-6-13(17)8-11/h1-8,14H. The first kappa shape index (κ1) is 14.0. The quantitative estimate of drug-likeness (QED) is 0.726. The van der Waals surface area contributed by atoms with Gasteiger partial charge in [0.25, 0.3) is 0 Å². The molecule has 0 heterocycles. The van der Waals surface area contributed by atoms with E-state index in [4.69, 9.17) is 0 Å². The van der Waals surface area contributed by atoms with Crippen LogP contribution in [0.3, 0.4) is 0 Å². The van der Waals surface area contributed by atoms with Crippen molar-refractivity contribution in [2.24, 2.45) is 0 Å². The molecule has 2 aromatic rings. The predicted octanol–water partition coefficient (Wildman–Crippen LogP) is 4.70. The Kier molecular flexibility index (Phi) is 4.52. The van der Waals surface area contributed by atoms with E-state index in [-0.39, 0.29) is 5.78 Å². The zero-order chi connectivity index (χ0) is 13.8. The number of hydrogen-bond donors (Lipinski definition) is 0. The van der Waals surface area contributed by atoms with E-state index in [0.717, 1.165) is 8.95 Å². The smallest absolute Gasteiger partial charge is 0.184 e. The molecular weight excluding hydrogens is 370 g/mol. The summed E-state index contributed by atoms with van der Waals surface area (Å²) in [5.41, 5.74) is 1.22. The molecule has 0 fully saturated rings. The van der Waals surface area contributed by atoms with E-state index in [1.807, 2.05) is 18.2 Å². The van der Waals surface area contributed by atoms with E-state index in [9.17, 15) is 10.1 Å². The lowest BCUT2D eigenvalue weighted by Gasteiger charge is -2.09. The predicted molar refractivity (Wildman–Crippen MR) is 81.0 cm³/mol. The number of Topliss-reactive ketones (excluding diaryl/α,β-unsaturated/α-hetero) is 1. The molecule has 0 radical (unpaired) electrons. The highest BCUT2D eigenvalue weighted by atomic mass is 79.9. The number of benzene rings is 2. The van der Waals surface area contributed by atoms with Crippen LogP contribution in [0.4, 0.5) is 0 Å². The van der Waals surface area contributed by atoms with E-state index >= 15 is 0 Å². The maximum absolute atomic E-state index is 12.4. The first-order valence-electron chi connectivity index (χ1n) is 5.56. The van der Waals surface area contributed by atoms with Crippen molar-refractivity contribution in [2.45, 2.75) is 5.92 Å². The Hall–Kier alpha value is -1.44. The summed E-state index contributed by atoms with van der Waals surface area (Å²) < 4.78 is 1.68. The van der Waals surface area contributed by atoms with Gasteiger partial charge >= 0.3 is 0 Å². The van der Waals surface area contributed by atoms with Gasteiger partial charge in [-0.25, -0.2) is 0 Å². The second kappa shape index (κ2) is 6.14. The van der Waals surface area contributed by atoms with Crippen LogP contribution in [0, 0.1) is 11.3 Å². The molecule has 0 saturated heterocycles. The van der Waals surface area contributed by atoms with Crippen molar-refractivity contribution >= 4 is 37.6 Å². The Morgan fingerprint density at radius 3 is 2.26 bits per heavy atom. The summed E-state index contributed by atoms with van der Waals surface area (Å²) >= 11 is 6.68. The molecule has 1 atom stereocenters. The zero-order valence-electron chi connectivity index (χ0n) is 9.81. The Bertz CT molecular complexity index is 661. The summed E-state index contributed by atoms with van der Waals surface area (Å²) in [6, 6.07) is 16.4. The molecule has 0 aliphatic rings. The molecule has 4 heteroatoms. The molecule has 19 heavy (non-hydrogen) atoms. The fourth-order valence-electron chi connectivity index (χ4n) is 1.78. The Morgan fingerprint density at radius 2 is 1.68 bits per heavy atom. The van der Waals surface area contributed by atoms with Crippen molar-refractivity contribution in [2.75, 3.05) is 0 Å². The maximum Gasteiger partial charge on any atom is 0.184 e. The molecule has 2 rings (SSSR count). The molecule has 0 bridgehead atoms. The molecule has 1 unspecified atom stereocenters. The highest BCUT2D eigenvalue weighted by Gasteiger charge is 2.21. The van der Waals surface area contributed by atoms with Gasteiger partial charge in [-0.3, -0.25) is 4.79 Å². The fraction of sp³-hybridized carbons (Fsp3) is 0.0667. The van der Waals surface area contributed by atoms with E-state index in [0.29, 0.717) is 11.1 Å². The summed E-state index contributed by atoms with van der Waals surface area (Å²) in [6.45, 7) is 0. The van der Waals surface area contributed by atoms with Gasteiger partial charge in [-0.1, -0.05) is 56.1 Å². The molecule has 0 spiro atoms. The number of rotatable bonds is 3. The third-order valence-electron chi connectivity index (χ3n) is 2.68. The van der Waals surface area contributed by atoms with Crippen molar-refractivity contribution in [3.05, 3.63) is 68.6 Å². The molecule has 0 saturated carbocycles. The fourth-order valence-corrected chi connectivity index (χ4v) is 2.60. The molecule has 0 aliphatic carbocycles. The molecular formula is C15H9Br2NO. The SMILES string of the molecule is N#CC(C(=O)c1cccc(Br)c1)c1cccc(Br)c1. The maximum atomic E-state index is 12.4. The van der Waals surface area contributed by atoms with Crippen LogP contribution < -0.4 is 0 Å². The van der Waals surface area contributed by atoms with Gasteiger partial charge < -0.3 is 0 Å². The second-order valence-corrected chi connectivity index (χ2v) is 5.82. The van der Waals surface area contributed by atoms with Crippen molar-refractivity contribution in [1.82, 2.24) is 0 Å². The highest BCUT2D eigenvalue weighted by molar-refractivity contribution is 9.10. The topological polar surface area (TPSA) is 40.9 Å². The lowest BCUT2D eigenvalue weighted by Crippen LogP contribution is -2.11. The van der Waals surface area contributed by atoms with Crippen LogP contribution in [0.5, 0.6) is 0 Å². The van der Waals surface area contributed by atoms with Gasteiger partial charge in [-0.05, 0) is 29.8 Å². The van der Waals surface area contributed by atoms with Crippen molar-refractivity contribution < 1.29 is 4.79 Å². The van der Waals surface area contributed by atoms with Gasteiger partial charge in [0.1, 0.15) is 5.92 Å². The van der Waals surface area contributed by atoms with Gasteiger partial charge in [0.2, 0.25) is 0 Å². The minimum atomic E-state index is -0.785. The van der Waals surface area contributed by atoms with E-state index in [1.54, 1.807) is 30.3 Å². The number of carbonyl (C=O) groups excluding carboxylic acids is 1.